The van der Waals surface area contributed by atoms with Gasteiger partial charge in [-0.05, 0) is 44.7 Å². The van der Waals surface area contributed by atoms with Gasteiger partial charge in [-0.3, -0.25) is 0 Å². The van der Waals surface area contributed by atoms with E-state index in [4.69, 9.17) is 0 Å². The number of hydrogen-bond donors (Lipinski definition) is 1. The smallest absolute Gasteiger partial charge is 0.0524 e. The molecule has 0 aliphatic carbocycles. The molecule has 1 fully saturated rings. The average molecular weight is 199 g/mol. The summed E-state index contributed by atoms with van der Waals surface area (Å²) in [6.45, 7) is 10.1. The molecule has 2 nitrogen and oxygen atoms in total. The van der Waals surface area contributed by atoms with Crippen LogP contribution in [0.25, 0.3) is 0 Å². The van der Waals surface area contributed by atoms with E-state index in [1.165, 1.54) is 32.4 Å². The van der Waals surface area contributed by atoms with Crippen LogP contribution in [0.5, 0.6) is 0 Å². The minimum Gasteiger partial charge on any atom is -0.393 e. The van der Waals surface area contributed by atoms with Gasteiger partial charge in [-0.2, -0.15) is 0 Å². The number of hydrogen-bond acceptors (Lipinski definition) is 2. The van der Waals surface area contributed by atoms with Gasteiger partial charge in [0.2, 0.25) is 0 Å². The molecule has 2 heteroatoms. The van der Waals surface area contributed by atoms with Gasteiger partial charge in [-0.1, -0.05) is 20.3 Å². The molecule has 0 aromatic rings. The largest absolute Gasteiger partial charge is 0.393 e. The van der Waals surface area contributed by atoms with Crippen LogP contribution < -0.4 is 0 Å². The van der Waals surface area contributed by atoms with Crippen LogP contribution in [0.15, 0.2) is 0 Å². The predicted molar refractivity (Wildman–Crippen MR) is 60.4 cm³/mol. The van der Waals surface area contributed by atoms with E-state index < -0.39 is 0 Å². The van der Waals surface area contributed by atoms with Crippen molar-refractivity contribution >= 4 is 0 Å². The van der Waals surface area contributed by atoms with E-state index in [1.807, 2.05) is 6.92 Å². The maximum absolute atomic E-state index is 9.21. The first-order valence-corrected chi connectivity index (χ1v) is 5.96. The van der Waals surface area contributed by atoms with E-state index in [9.17, 15) is 5.11 Å². The number of rotatable bonds is 4. The van der Waals surface area contributed by atoms with Gasteiger partial charge in [-0.15, -0.1) is 0 Å². The minimum absolute atomic E-state index is 0.144. The Morgan fingerprint density at radius 1 is 1.36 bits per heavy atom. The molecule has 0 amide bonds. The second kappa shape index (κ2) is 5.13. The Bertz CT molecular complexity index is 160. The van der Waals surface area contributed by atoms with E-state index in [0.29, 0.717) is 5.41 Å². The summed E-state index contributed by atoms with van der Waals surface area (Å²) in [5.74, 6) is 0. The normalized spacial score (nSPS) is 24.9. The fourth-order valence-electron chi connectivity index (χ4n) is 2.04. The molecule has 1 heterocycles. The number of aliphatic hydroxyl groups excluding tert-OH is 1. The predicted octanol–water partition coefficient (Wildman–Crippen LogP) is 2.27. The molecule has 0 saturated carbocycles. The molecular formula is C12H25NO. The summed E-state index contributed by atoms with van der Waals surface area (Å²) >= 11 is 0. The lowest BCUT2D eigenvalue weighted by atomic mass is 9.78. The minimum atomic E-state index is -0.144. The molecule has 1 aliphatic rings. The van der Waals surface area contributed by atoms with Gasteiger partial charge in [-0.25, -0.2) is 0 Å². The third kappa shape index (κ3) is 3.58. The van der Waals surface area contributed by atoms with Crippen LogP contribution >= 0.6 is 0 Å². The van der Waals surface area contributed by atoms with Gasteiger partial charge < -0.3 is 10.0 Å². The molecule has 1 aliphatic heterocycles. The van der Waals surface area contributed by atoms with E-state index in [1.54, 1.807) is 0 Å². The summed E-state index contributed by atoms with van der Waals surface area (Å²) in [6.07, 6.45) is 4.72. The van der Waals surface area contributed by atoms with Crippen molar-refractivity contribution in [2.45, 2.75) is 52.6 Å². The molecule has 1 N–H and O–H groups in total. The first-order chi connectivity index (χ1) is 6.56. The lowest BCUT2D eigenvalue weighted by Gasteiger charge is -2.39. The molecule has 0 spiro atoms. The van der Waals surface area contributed by atoms with E-state index in [-0.39, 0.29) is 6.10 Å². The third-order valence-electron chi connectivity index (χ3n) is 3.78. The van der Waals surface area contributed by atoms with E-state index in [0.717, 1.165) is 13.0 Å². The fraction of sp³-hybridized carbons (Fsp3) is 1.00. The van der Waals surface area contributed by atoms with Crippen molar-refractivity contribution in [1.29, 1.82) is 0 Å². The number of likely N-dealkylation sites (tertiary alicyclic amines) is 1. The summed E-state index contributed by atoms with van der Waals surface area (Å²) in [7, 11) is 0. The van der Waals surface area contributed by atoms with Gasteiger partial charge in [0, 0.05) is 6.54 Å². The maximum atomic E-state index is 9.21. The van der Waals surface area contributed by atoms with E-state index >= 15 is 0 Å². The van der Waals surface area contributed by atoms with Gasteiger partial charge in [0.1, 0.15) is 0 Å². The summed E-state index contributed by atoms with van der Waals surface area (Å²) < 4.78 is 0. The van der Waals surface area contributed by atoms with Gasteiger partial charge in [0.05, 0.1) is 6.10 Å². The molecule has 14 heavy (non-hydrogen) atoms. The van der Waals surface area contributed by atoms with Crippen molar-refractivity contribution < 1.29 is 5.11 Å². The highest BCUT2D eigenvalue weighted by molar-refractivity contribution is 4.81. The van der Waals surface area contributed by atoms with Crippen LogP contribution in [0.3, 0.4) is 0 Å². The summed E-state index contributed by atoms with van der Waals surface area (Å²) in [5.41, 5.74) is 0.585. The molecule has 0 bridgehead atoms. The molecular weight excluding hydrogens is 174 g/mol. The van der Waals surface area contributed by atoms with E-state index in [2.05, 4.69) is 18.7 Å². The standard InChI is InChI=1S/C12H25NO/c1-4-12(3)6-9-13(10-7-12)8-5-11(2)14/h11,14H,4-10H2,1-3H3. The highest BCUT2D eigenvalue weighted by atomic mass is 16.3. The Hall–Kier alpha value is -0.0800. The summed E-state index contributed by atoms with van der Waals surface area (Å²) in [6, 6.07) is 0. The Kier molecular flexibility index (Phi) is 4.39. The molecule has 1 unspecified atom stereocenters. The molecule has 1 atom stereocenters. The van der Waals surface area contributed by atoms with Crippen molar-refractivity contribution in [3.05, 3.63) is 0 Å². The SMILES string of the molecule is CCC1(C)CCN(CCC(C)O)CC1. The fourth-order valence-corrected chi connectivity index (χ4v) is 2.04. The lowest BCUT2D eigenvalue weighted by molar-refractivity contribution is 0.0955. The zero-order valence-corrected chi connectivity index (χ0v) is 9.92. The Morgan fingerprint density at radius 3 is 2.36 bits per heavy atom. The average Bonchev–Trinajstić information content (AvgIpc) is 2.17. The molecule has 0 aromatic carbocycles. The van der Waals surface area contributed by atoms with Crippen LogP contribution in [0.2, 0.25) is 0 Å². The summed E-state index contributed by atoms with van der Waals surface area (Å²) in [4.78, 5) is 2.49. The first-order valence-electron chi connectivity index (χ1n) is 5.96. The highest BCUT2D eigenvalue weighted by Gasteiger charge is 2.27. The van der Waals surface area contributed by atoms with Crippen LogP contribution in [-0.4, -0.2) is 35.7 Å². The Labute approximate surface area is 88.3 Å². The number of piperidine rings is 1. The summed E-state index contributed by atoms with van der Waals surface area (Å²) in [5, 5.41) is 9.21. The van der Waals surface area contributed by atoms with Gasteiger partial charge in [0.15, 0.2) is 0 Å². The second-order valence-corrected chi connectivity index (χ2v) is 5.14. The molecule has 0 aromatic heterocycles. The van der Waals surface area contributed by atoms with Crippen molar-refractivity contribution in [2.75, 3.05) is 19.6 Å². The quantitative estimate of drug-likeness (QED) is 0.751. The zero-order valence-electron chi connectivity index (χ0n) is 9.92. The Balaban J connectivity index is 2.22. The van der Waals surface area contributed by atoms with Crippen LogP contribution in [0, 0.1) is 5.41 Å². The zero-order chi connectivity index (χ0) is 10.6. The molecule has 0 radical (unpaired) electrons. The molecule has 84 valence electrons. The molecule has 1 saturated heterocycles. The van der Waals surface area contributed by atoms with Gasteiger partial charge >= 0.3 is 0 Å². The number of nitrogens with zero attached hydrogens (tertiary/aromatic N) is 1. The maximum Gasteiger partial charge on any atom is 0.0524 e. The van der Waals surface area contributed by atoms with Crippen molar-refractivity contribution in [3.63, 3.8) is 0 Å². The van der Waals surface area contributed by atoms with Crippen LogP contribution in [-0.2, 0) is 0 Å². The topological polar surface area (TPSA) is 23.5 Å². The van der Waals surface area contributed by atoms with Crippen molar-refractivity contribution in [2.24, 2.45) is 5.41 Å². The van der Waals surface area contributed by atoms with Crippen LogP contribution in [0.4, 0.5) is 0 Å². The Morgan fingerprint density at radius 2 is 1.93 bits per heavy atom. The van der Waals surface area contributed by atoms with Crippen molar-refractivity contribution in [3.8, 4) is 0 Å². The third-order valence-corrected chi connectivity index (χ3v) is 3.78. The first kappa shape index (κ1) is 12.0. The second-order valence-electron chi connectivity index (χ2n) is 5.14. The van der Waals surface area contributed by atoms with Gasteiger partial charge in [0.25, 0.3) is 0 Å². The van der Waals surface area contributed by atoms with Crippen molar-refractivity contribution in [1.82, 2.24) is 4.90 Å². The lowest BCUT2D eigenvalue weighted by Crippen LogP contribution is -2.39. The molecule has 1 rings (SSSR count). The monoisotopic (exact) mass is 199 g/mol. The van der Waals surface area contributed by atoms with Crippen LogP contribution in [0.1, 0.15) is 46.5 Å². The highest BCUT2D eigenvalue weighted by Crippen LogP contribution is 2.33. The number of aliphatic hydroxyl groups is 1.